The van der Waals surface area contributed by atoms with Crippen LogP contribution in [0.1, 0.15) is 39.0 Å². The number of hydrogen-bond acceptors (Lipinski definition) is 3. The fraction of sp³-hybridized carbons (Fsp3) is 0.917. The molecule has 0 aliphatic carbocycles. The molecule has 3 N–H and O–H groups in total. The maximum atomic E-state index is 11.6. The number of amides is 1. The van der Waals surface area contributed by atoms with E-state index in [9.17, 15) is 4.79 Å². The minimum absolute atomic E-state index is 0.103. The van der Waals surface area contributed by atoms with E-state index in [1.165, 1.54) is 6.42 Å². The standard InChI is InChI=1S/C12H24N2O2/c1-2-10(8-13)7-12(15)14-9-11-5-3-4-6-16-11/h10-11H,2-9,13H2,1H3,(H,14,15). The highest BCUT2D eigenvalue weighted by atomic mass is 16.5. The molecule has 1 aliphatic heterocycles. The summed E-state index contributed by atoms with van der Waals surface area (Å²) in [6, 6.07) is 0. The average Bonchev–Trinajstić information content (AvgIpc) is 2.34. The number of carbonyl (C=O) groups is 1. The molecule has 1 fully saturated rings. The Labute approximate surface area is 97.9 Å². The highest BCUT2D eigenvalue weighted by molar-refractivity contribution is 5.76. The summed E-state index contributed by atoms with van der Waals surface area (Å²) < 4.78 is 5.55. The Hall–Kier alpha value is -0.610. The van der Waals surface area contributed by atoms with Crippen molar-refractivity contribution in [2.24, 2.45) is 11.7 Å². The van der Waals surface area contributed by atoms with Crippen LogP contribution in [0, 0.1) is 5.92 Å². The molecule has 1 amide bonds. The molecule has 94 valence electrons. The highest BCUT2D eigenvalue weighted by Crippen LogP contribution is 2.12. The Bertz CT molecular complexity index is 199. The molecule has 0 aromatic heterocycles. The Morgan fingerprint density at radius 2 is 2.38 bits per heavy atom. The summed E-state index contributed by atoms with van der Waals surface area (Å²) in [4.78, 5) is 11.6. The zero-order valence-corrected chi connectivity index (χ0v) is 10.2. The first kappa shape index (κ1) is 13.5. The fourth-order valence-electron chi connectivity index (χ4n) is 1.92. The van der Waals surface area contributed by atoms with Crippen LogP contribution in [0.3, 0.4) is 0 Å². The molecule has 1 saturated heterocycles. The Kier molecular flexibility index (Phi) is 6.42. The lowest BCUT2D eigenvalue weighted by atomic mass is 10.0. The SMILES string of the molecule is CCC(CN)CC(=O)NCC1CCCCO1. The van der Waals surface area contributed by atoms with Gasteiger partial charge in [-0.05, 0) is 31.7 Å². The quantitative estimate of drug-likeness (QED) is 0.714. The van der Waals surface area contributed by atoms with Crippen molar-refractivity contribution in [1.29, 1.82) is 0 Å². The molecule has 0 saturated carbocycles. The van der Waals surface area contributed by atoms with Crippen LogP contribution in [0.25, 0.3) is 0 Å². The minimum atomic E-state index is 0.103. The molecule has 16 heavy (non-hydrogen) atoms. The molecule has 0 aromatic rings. The van der Waals surface area contributed by atoms with E-state index in [0.717, 1.165) is 25.9 Å². The molecule has 1 rings (SSSR count). The molecular formula is C12H24N2O2. The van der Waals surface area contributed by atoms with E-state index in [2.05, 4.69) is 12.2 Å². The van der Waals surface area contributed by atoms with Gasteiger partial charge in [0.1, 0.15) is 0 Å². The van der Waals surface area contributed by atoms with Crippen molar-refractivity contribution in [1.82, 2.24) is 5.32 Å². The second kappa shape index (κ2) is 7.63. The fourth-order valence-corrected chi connectivity index (χ4v) is 1.92. The largest absolute Gasteiger partial charge is 0.376 e. The molecule has 1 aliphatic rings. The van der Waals surface area contributed by atoms with Crippen LogP contribution < -0.4 is 11.1 Å². The van der Waals surface area contributed by atoms with E-state index < -0.39 is 0 Å². The number of nitrogens with two attached hydrogens (primary N) is 1. The molecule has 0 radical (unpaired) electrons. The van der Waals surface area contributed by atoms with Crippen LogP contribution in [-0.2, 0) is 9.53 Å². The molecule has 1 heterocycles. The van der Waals surface area contributed by atoms with Gasteiger partial charge in [-0.2, -0.15) is 0 Å². The number of hydrogen-bond donors (Lipinski definition) is 2. The van der Waals surface area contributed by atoms with Crippen molar-refractivity contribution in [3.05, 3.63) is 0 Å². The molecule has 4 nitrogen and oxygen atoms in total. The van der Waals surface area contributed by atoms with Crippen molar-refractivity contribution in [3.63, 3.8) is 0 Å². The van der Waals surface area contributed by atoms with E-state index in [0.29, 0.717) is 25.4 Å². The van der Waals surface area contributed by atoms with Gasteiger partial charge in [-0.15, -0.1) is 0 Å². The van der Waals surface area contributed by atoms with Gasteiger partial charge in [0.15, 0.2) is 0 Å². The van der Waals surface area contributed by atoms with Crippen LogP contribution >= 0.6 is 0 Å². The summed E-state index contributed by atoms with van der Waals surface area (Å²) in [6.07, 6.45) is 5.14. The third-order valence-corrected chi connectivity index (χ3v) is 3.19. The lowest BCUT2D eigenvalue weighted by molar-refractivity contribution is -0.122. The monoisotopic (exact) mass is 228 g/mol. The number of nitrogens with one attached hydrogen (secondary N) is 1. The predicted molar refractivity (Wildman–Crippen MR) is 64.1 cm³/mol. The summed E-state index contributed by atoms with van der Waals surface area (Å²) in [5, 5.41) is 2.93. The van der Waals surface area contributed by atoms with Gasteiger partial charge in [0, 0.05) is 19.6 Å². The summed E-state index contributed by atoms with van der Waals surface area (Å²) in [6.45, 7) is 4.14. The van der Waals surface area contributed by atoms with E-state index in [-0.39, 0.29) is 12.0 Å². The predicted octanol–water partition coefficient (Wildman–Crippen LogP) is 1.05. The normalized spacial score (nSPS) is 22.8. The van der Waals surface area contributed by atoms with Crippen LogP contribution in [0.5, 0.6) is 0 Å². The molecule has 0 spiro atoms. The third kappa shape index (κ3) is 4.94. The van der Waals surface area contributed by atoms with Gasteiger partial charge in [0.05, 0.1) is 6.10 Å². The van der Waals surface area contributed by atoms with Gasteiger partial charge in [0.2, 0.25) is 5.91 Å². The Morgan fingerprint density at radius 3 is 2.94 bits per heavy atom. The van der Waals surface area contributed by atoms with Crippen molar-refractivity contribution in [2.45, 2.75) is 45.1 Å². The first-order valence-corrected chi connectivity index (χ1v) is 6.34. The summed E-state index contributed by atoms with van der Waals surface area (Å²) in [5.74, 6) is 0.416. The first-order valence-electron chi connectivity index (χ1n) is 6.34. The van der Waals surface area contributed by atoms with Crippen molar-refractivity contribution in [2.75, 3.05) is 19.7 Å². The van der Waals surface area contributed by atoms with Crippen LogP contribution in [0.15, 0.2) is 0 Å². The zero-order chi connectivity index (χ0) is 11.8. The molecule has 2 atom stereocenters. The van der Waals surface area contributed by atoms with E-state index in [1.54, 1.807) is 0 Å². The second-order valence-corrected chi connectivity index (χ2v) is 4.51. The van der Waals surface area contributed by atoms with Gasteiger partial charge in [-0.1, -0.05) is 13.3 Å². The molecule has 0 bridgehead atoms. The summed E-state index contributed by atoms with van der Waals surface area (Å²) >= 11 is 0. The van der Waals surface area contributed by atoms with Gasteiger partial charge in [-0.25, -0.2) is 0 Å². The van der Waals surface area contributed by atoms with Crippen LogP contribution in [0.4, 0.5) is 0 Å². The van der Waals surface area contributed by atoms with Crippen LogP contribution in [-0.4, -0.2) is 31.7 Å². The second-order valence-electron chi connectivity index (χ2n) is 4.51. The molecule has 4 heteroatoms. The van der Waals surface area contributed by atoms with Crippen molar-refractivity contribution >= 4 is 5.91 Å². The Balaban J connectivity index is 2.13. The van der Waals surface area contributed by atoms with Gasteiger partial charge in [-0.3, -0.25) is 4.79 Å². The number of carbonyl (C=O) groups excluding carboxylic acids is 1. The lowest BCUT2D eigenvalue weighted by Crippen LogP contribution is -2.36. The zero-order valence-electron chi connectivity index (χ0n) is 10.2. The van der Waals surface area contributed by atoms with Gasteiger partial charge >= 0.3 is 0 Å². The van der Waals surface area contributed by atoms with Crippen LogP contribution in [0.2, 0.25) is 0 Å². The number of ether oxygens (including phenoxy) is 1. The average molecular weight is 228 g/mol. The maximum absolute atomic E-state index is 11.6. The summed E-state index contributed by atoms with van der Waals surface area (Å²) in [5.41, 5.74) is 5.57. The van der Waals surface area contributed by atoms with Crippen molar-refractivity contribution in [3.8, 4) is 0 Å². The molecule has 0 aromatic carbocycles. The van der Waals surface area contributed by atoms with Crippen molar-refractivity contribution < 1.29 is 9.53 Å². The van der Waals surface area contributed by atoms with E-state index in [1.807, 2.05) is 0 Å². The first-order chi connectivity index (χ1) is 7.76. The topological polar surface area (TPSA) is 64.4 Å². The Morgan fingerprint density at radius 1 is 1.56 bits per heavy atom. The van der Waals surface area contributed by atoms with E-state index in [4.69, 9.17) is 10.5 Å². The maximum Gasteiger partial charge on any atom is 0.220 e. The van der Waals surface area contributed by atoms with Gasteiger partial charge in [0.25, 0.3) is 0 Å². The summed E-state index contributed by atoms with van der Waals surface area (Å²) in [7, 11) is 0. The lowest BCUT2D eigenvalue weighted by Gasteiger charge is -2.23. The molecular weight excluding hydrogens is 204 g/mol. The third-order valence-electron chi connectivity index (χ3n) is 3.19. The highest BCUT2D eigenvalue weighted by Gasteiger charge is 2.16. The van der Waals surface area contributed by atoms with E-state index >= 15 is 0 Å². The minimum Gasteiger partial charge on any atom is -0.376 e. The van der Waals surface area contributed by atoms with Gasteiger partial charge < -0.3 is 15.8 Å². The number of rotatable bonds is 6. The smallest absolute Gasteiger partial charge is 0.220 e. The molecule has 2 unspecified atom stereocenters.